The van der Waals surface area contributed by atoms with Gasteiger partial charge in [-0.15, -0.1) is 10.2 Å². The van der Waals surface area contributed by atoms with Crippen LogP contribution in [0.4, 0.5) is 10.6 Å². The molecular weight excluding hydrogens is 378 g/mol. The molecule has 0 aliphatic heterocycles. The summed E-state index contributed by atoms with van der Waals surface area (Å²) in [4.78, 5) is 27.4. The van der Waals surface area contributed by atoms with E-state index in [1.807, 2.05) is 0 Å². The Morgan fingerprint density at radius 1 is 1.15 bits per heavy atom. The van der Waals surface area contributed by atoms with Crippen molar-refractivity contribution in [3.8, 4) is 11.5 Å². The average molecular weight is 390 g/mol. The van der Waals surface area contributed by atoms with Gasteiger partial charge in [0.25, 0.3) is 5.22 Å². The number of hydrogen-bond acceptors (Lipinski definition) is 7. The zero-order chi connectivity index (χ0) is 18.4. The highest BCUT2D eigenvalue weighted by Crippen LogP contribution is 2.24. The topological polar surface area (TPSA) is 110 Å². The van der Waals surface area contributed by atoms with Crippen LogP contribution in [0, 0.1) is 0 Å². The summed E-state index contributed by atoms with van der Waals surface area (Å²) in [5, 5.41) is 13.2. The fraction of sp³-hybridized carbons (Fsp3) is 0.0625. The van der Waals surface area contributed by atoms with Crippen molar-refractivity contribution in [3.63, 3.8) is 0 Å². The third-order valence-corrected chi connectivity index (χ3v) is 4.02. The number of thioether (sulfide) groups is 1. The van der Waals surface area contributed by atoms with Crippen LogP contribution < -0.4 is 10.6 Å². The van der Waals surface area contributed by atoms with E-state index >= 15 is 0 Å². The Morgan fingerprint density at radius 2 is 2.04 bits per heavy atom. The summed E-state index contributed by atoms with van der Waals surface area (Å²) in [7, 11) is 0. The van der Waals surface area contributed by atoms with Crippen molar-refractivity contribution in [1.82, 2.24) is 20.5 Å². The number of urea groups is 1. The second kappa shape index (κ2) is 8.45. The van der Waals surface area contributed by atoms with Gasteiger partial charge in [0.05, 0.1) is 5.75 Å². The number of anilines is 1. The zero-order valence-corrected chi connectivity index (χ0v) is 14.8. The van der Waals surface area contributed by atoms with Crippen LogP contribution in [0.25, 0.3) is 11.5 Å². The van der Waals surface area contributed by atoms with Crippen molar-refractivity contribution in [2.24, 2.45) is 0 Å². The number of rotatable bonds is 5. The van der Waals surface area contributed by atoms with Crippen molar-refractivity contribution in [2.45, 2.75) is 5.22 Å². The van der Waals surface area contributed by atoms with Gasteiger partial charge in [0, 0.05) is 16.8 Å². The molecule has 0 saturated heterocycles. The molecule has 0 radical (unpaired) electrons. The molecule has 0 fully saturated rings. The molecule has 1 aromatic carbocycles. The third kappa shape index (κ3) is 5.04. The van der Waals surface area contributed by atoms with Gasteiger partial charge in [0.15, 0.2) is 0 Å². The highest BCUT2D eigenvalue weighted by molar-refractivity contribution is 7.99. The number of carbonyl (C=O) groups excluding carboxylic acids is 2. The minimum absolute atomic E-state index is 0.0627. The zero-order valence-electron chi connectivity index (χ0n) is 13.2. The minimum Gasteiger partial charge on any atom is -0.411 e. The van der Waals surface area contributed by atoms with Gasteiger partial charge in [0.2, 0.25) is 11.8 Å². The maximum Gasteiger partial charge on any atom is 0.327 e. The average Bonchev–Trinajstić information content (AvgIpc) is 3.10. The molecule has 2 heterocycles. The predicted molar refractivity (Wildman–Crippen MR) is 96.9 cm³/mol. The highest BCUT2D eigenvalue weighted by Gasteiger charge is 2.13. The number of pyridine rings is 1. The van der Waals surface area contributed by atoms with Gasteiger partial charge in [-0.3, -0.25) is 15.4 Å². The van der Waals surface area contributed by atoms with Crippen molar-refractivity contribution < 1.29 is 14.0 Å². The predicted octanol–water partition coefficient (Wildman–Crippen LogP) is 3.23. The maximum absolute atomic E-state index is 11.8. The Kier molecular flexibility index (Phi) is 5.82. The Labute approximate surface area is 157 Å². The molecule has 2 N–H and O–H groups in total. The number of carbonyl (C=O) groups is 2. The van der Waals surface area contributed by atoms with Crippen molar-refractivity contribution >= 4 is 41.1 Å². The summed E-state index contributed by atoms with van der Waals surface area (Å²) >= 11 is 6.94. The van der Waals surface area contributed by atoms with Crippen LogP contribution >= 0.6 is 23.4 Å². The molecule has 0 aliphatic rings. The quantitative estimate of drug-likeness (QED) is 0.644. The molecule has 0 atom stereocenters. The first-order chi connectivity index (χ1) is 12.6. The van der Waals surface area contributed by atoms with E-state index in [0.29, 0.717) is 22.3 Å². The molecule has 0 spiro atoms. The molecular formula is C16H12ClN5O3S. The minimum atomic E-state index is -0.667. The lowest BCUT2D eigenvalue weighted by Crippen LogP contribution is -2.35. The third-order valence-electron chi connectivity index (χ3n) is 2.96. The monoisotopic (exact) mass is 389 g/mol. The van der Waals surface area contributed by atoms with E-state index in [9.17, 15) is 9.59 Å². The largest absolute Gasteiger partial charge is 0.411 e. The molecule has 10 heteroatoms. The summed E-state index contributed by atoms with van der Waals surface area (Å²) in [6.07, 6.45) is 1.53. The first-order valence-corrected chi connectivity index (χ1v) is 8.70. The number of amides is 3. The Hall–Kier alpha value is -2.91. The van der Waals surface area contributed by atoms with Crippen LogP contribution in [0.2, 0.25) is 5.02 Å². The molecule has 3 aromatic rings. The first kappa shape index (κ1) is 17.9. The van der Waals surface area contributed by atoms with Crippen LogP contribution in [-0.2, 0) is 4.79 Å². The Morgan fingerprint density at radius 3 is 2.81 bits per heavy atom. The lowest BCUT2D eigenvalue weighted by molar-refractivity contribution is -0.117. The standard InChI is InChI=1S/C16H12ClN5O3S/c17-11-5-3-4-10(8-11)14-21-22-16(25-14)26-9-13(23)20-15(24)19-12-6-1-2-7-18-12/h1-8H,9H2,(H2,18,19,20,23,24). The van der Waals surface area contributed by atoms with Crippen LogP contribution in [-0.4, -0.2) is 32.9 Å². The SMILES string of the molecule is O=C(CSc1nnc(-c2cccc(Cl)c2)o1)NC(=O)Nc1ccccn1. The molecule has 0 bridgehead atoms. The van der Waals surface area contributed by atoms with Crippen LogP contribution in [0.5, 0.6) is 0 Å². The molecule has 3 rings (SSSR count). The van der Waals surface area contributed by atoms with E-state index in [1.54, 1.807) is 42.5 Å². The number of hydrogen-bond donors (Lipinski definition) is 2. The van der Waals surface area contributed by atoms with Crippen molar-refractivity contribution in [3.05, 3.63) is 53.7 Å². The fourth-order valence-electron chi connectivity index (χ4n) is 1.88. The van der Waals surface area contributed by atoms with Gasteiger partial charge >= 0.3 is 6.03 Å². The fourth-order valence-corrected chi connectivity index (χ4v) is 2.63. The van der Waals surface area contributed by atoms with Crippen molar-refractivity contribution in [2.75, 3.05) is 11.1 Å². The van der Waals surface area contributed by atoms with Crippen LogP contribution in [0.3, 0.4) is 0 Å². The lowest BCUT2D eigenvalue weighted by atomic mass is 10.2. The number of benzene rings is 1. The molecule has 26 heavy (non-hydrogen) atoms. The van der Waals surface area contributed by atoms with Gasteiger partial charge < -0.3 is 4.42 Å². The second-order valence-electron chi connectivity index (χ2n) is 4.89. The van der Waals surface area contributed by atoms with E-state index in [-0.39, 0.29) is 11.0 Å². The van der Waals surface area contributed by atoms with Gasteiger partial charge in [-0.2, -0.15) is 0 Å². The smallest absolute Gasteiger partial charge is 0.327 e. The summed E-state index contributed by atoms with van der Waals surface area (Å²) in [5.41, 5.74) is 0.677. The van der Waals surface area contributed by atoms with Crippen molar-refractivity contribution in [1.29, 1.82) is 0 Å². The summed E-state index contributed by atoms with van der Waals surface area (Å²) in [6.45, 7) is 0. The molecule has 132 valence electrons. The van der Waals surface area contributed by atoms with Crippen LogP contribution in [0.1, 0.15) is 0 Å². The van der Waals surface area contributed by atoms with Crippen LogP contribution in [0.15, 0.2) is 58.3 Å². The number of nitrogens with one attached hydrogen (secondary N) is 2. The normalized spacial score (nSPS) is 10.3. The Balaban J connectivity index is 1.49. The molecule has 2 aromatic heterocycles. The lowest BCUT2D eigenvalue weighted by Gasteiger charge is -2.04. The van der Waals surface area contributed by atoms with E-state index < -0.39 is 11.9 Å². The van der Waals surface area contributed by atoms with E-state index in [4.69, 9.17) is 16.0 Å². The van der Waals surface area contributed by atoms with Gasteiger partial charge in [-0.05, 0) is 30.3 Å². The van der Waals surface area contributed by atoms with E-state index in [0.717, 1.165) is 11.8 Å². The second-order valence-corrected chi connectivity index (χ2v) is 6.25. The number of aromatic nitrogens is 3. The van der Waals surface area contributed by atoms with Gasteiger partial charge in [-0.25, -0.2) is 9.78 Å². The summed E-state index contributed by atoms with van der Waals surface area (Å²) < 4.78 is 5.47. The molecule has 0 unspecified atom stereocenters. The van der Waals surface area contributed by atoms with E-state index in [2.05, 4.69) is 25.8 Å². The van der Waals surface area contributed by atoms with Gasteiger partial charge in [0.1, 0.15) is 5.82 Å². The highest BCUT2D eigenvalue weighted by atomic mass is 35.5. The summed E-state index contributed by atoms with van der Waals surface area (Å²) in [6, 6.07) is 11.3. The molecule has 0 saturated carbocycles. The molecule has 8 nitrogen and oxygen atoms in total. The number of imide groups is 1. The molecule has 3 amide bonds. The Bertz CT molecular complexity index is 919. The number of nitrogens with zero attached hydrogens (tertiary/aromatic N) is 3. The maximum atomic E-state index is 11.8. The van der Waals surface area contributed by atoms with Gasteiger partial charge in [-0.1, -0.05) is 35.5 Å². The number of halogens is 1. The first-order valence-electron chi connectivity index (χ1n) is 7.34. The molecule has 0 aliphatic carbocycles. The summed E-state index contributed by atoms with van der Waals surface area (Å²) in [5.74, 6) is 0.0649. The van der Waals surface area contributed by atoms with E-state index in [1.165, 1.54) is 6.20 Å².